The summed E-state index contributed by atoms with van der Waals surface area (Å²) in [5.41, 5.74) is 3.65. The van der Waals surface area contributed by atoms with Gasteiger partial charge in [0.15, 0.2) is 0 Å². The number of benzene rings is 1. The normalized spacial score (nSPS) is 17.1. The molecule has 1 unspecified atom stereocenters. The number of aromatic amines is 1. The van der Waals surface area contributed by atoms with E-state index in [2.05, 4.69) is 16.3 Å². The van der Waals surface area contributed by atoms with Crippen LogP contribution in [0.3, 0.4) is 0 Å². The van der Waals surface area contributed by atoms with E-state index in [0.717, 1.165) is 41.4 Å². The van der Waals surface area contributed by atoms with Crippen LogP contribution in [0.4, 0.5) is 0 Å². The zero-order chi connectivity index (χ0) is 18.6. The first-order valence-electron chi connectivity index (χ1n) is 9.18. The molecule has 1 fully saturated rings. The first kappa shape index (κ1) is 17.7. The number of pyridine rings is 1. The predicted molar refractivity (Wildman–Crippen MR) is 105 cm³/mol. The lowest BCUT2D eigenvalue weighted by Crippen LogP contribution is -2.39. The third-order valence-corrected chi connectivity index (χ3v) is 5.38. The Morgan fingerprint density at radius 3 is 2.89 bits per heavy atom. The fraction of sp³-hybridized carbons (Fsp3) is 0.286. The van der Waals surface area contributed by atoms with Gasteiger partial charge >= 0.3 is 0 Å². The van der Waals surface area contributed by atoms with Crippen molar-refractivity contribution in [2.24, 2.45) is 0 Å². The van der Waals surface area contributed by atoms with E-state index in [0.29, 0.717) is 18.7 Å². The van der Waals surface area contributed by atoms with Gasteiger partial charge in [-0.1, -0.05) is 35.9 Å². The van der Waals surface area contributed by atoms with Gasteiger partial charge in [0.25, 0.3) is 5.91 Å². The van der Waals surface area contributed by atoms with Crippen molar-refractivity contribution in [3.05, 3.63) is 82.4 Å². The van der Waals surface area contributed by atoms with Crippen molar-refractivity contribution in [1.82, 2.24) is 20.1 Å². The summed E-state index contributed by atoms with van der Waals surface area (Å²) in [5, 5.41) is 7.40. The number of halogens is 1. The van der Waals surface area contributed by atoms with Crippen LogP contribution < -0.4 is 0 Å². The first-order valence-corrected chi connectivity index (χ1v) is 9.56. The second kappa shape index (κ2) is 7.92. The van der Waals surface area contributed by atoms with Crippen LogP contribution >= 0.6 is 11.6 Å². The van der Waals surface area contributed by atoms with Crippen molar-refractivity contribution >= 4 is 17.5 Å². The van der Waals surface area contributed by atoms with E-state index in [-0.39, 0.29) is 11.8 Å². The molecule has 138 valence electrons. The molecule has 3 aromatic rings. The zero-order valence-electron chi connectivity index (χ0n) is 14.9. The lowest BCUT2D eigenvalue weighted by molar-refractivity contribution is 0.0700. The number of likely N-dealkylation sites (tertiary alicyclic amines) is 1. The van der Waals surface area contributed by atoms with Crippen molar-refractivity contribution in [3.8, 4) is 0 Å². The van der Waals surface area contributed by atoms with E-state index in [4.69, 9.17) is 16.6 Å². The smallest absolute Gasteiger partial charge is 0.271 e. The van der Waals surface area contributed by atoms with Crippen LogP contribution in [0, 0.1) is 0 Å². The number of carbonyl (C=O) groups excluding carboxylic acids is 1. The molecular weight excluding hydrogens is 360 g/mol. The van der Waals surface area contributed by atoms with E-state index in [9.17, 15) is 4.79 Å². The van der Waals surface area contributed by atoms with Crippen molar-refractivity contribution in [2.45, 2.75) is 25.2 Å². The number of hydrogen-bond acceptors (Lipinski definition) is 3. The maximum atomic E-state index is 12.6. The Bertz CT molecular complexity index is 925. The number of nitrogens with zero attached hydrogens (tertiary/aromatic N) is 3. The summed E-state index contributed by atoms with van der Waals surface area (Å²) in [7, 11) is 0. The highest BCUT2D eigenvalue weighted by molar-refractivity contribution is 6.31. The molecular formula is C21H21ClN4O. The molecule has 0 spiro atoms. The number of aromatic nitrogens is 3. The van der Waals surface area contributed by atoms with Crippen LogP contribution in [0.2, 0.25) is 5.02 Å². The Morgan fingerprint density at radius 1 is 1.19 bits per heavy atom. The molecule has 2 aromatic heterocycles. The van der Waals surface area contributed by atoms with Crippen molar-refractivity contribution in [2.75, 3.05) is 13.1 Å². The van der Waals surface area contributed by atoms with Gasteiger partial charge in [-0.15, -0.1) is 0 Å². The Balaban J connectivity index is 1.50. The van der Waals surface area contributed by atoms with Gasteiger partial charge in [0.1, 0.15) is 5.69 Å². The van der Waals surface area contributed by atoms with E-state index in [1.54, 1.807) is 12.3 Å². The number of piperidine rings is 1. The Hall–Kier alpha value is -2.66. The van der Waals surface area contributed by atoms with Gasteiger partial charge in [0.2, 0.25) is 0 Å². The molecule has 4 rings (SSSR count). The van der Waals surface area contributed by atoms with Crippen molar-refractivity contribution in [3.63, 3.8) is 0 Å². The van der Waals surface area contributed by atoms with Crippen LogP contribution in [0.5, 0.6) is 0 Å². The quantitative estimate of drug-likeness (QED) is 0.742. The highest BCUT2D eigenvalue weighted by atomic mass is 35.5. The maximum Gasteiger partial charge on any atom is 0.271 e. The van der Waals surface area contributed by atoms with Gasteiger partial charge < -0.3 is 4.90 Å². The molecule has 3 heterocycles. The molecule has 27 heavy (non-hydrogen) atoms. The Kier molecular flexibility index (Phi) is 5.21. The molecule has 1 aliphatic heterocycles. The minimum atomic E-state index is 0.00409. The fourth-order valence-electron chi connectivity index (χ4n) is 3.61. The molecule has 0 aliphatic carbocycles. The second-order valence-corrected chi connectivity index (χ2v) is 7.29. The van der Waals surface area contributed by atoms with Crippen molar-refractivity contribution in [1.29, 1.82) is 0 Å². The summed E-state index contributed by atoms with van der Waals surface area (Å²) in [6.45, 7) is 1.45. The van der Waals surface area contributed by atoms with E-state index in [1.165, 1.54) is 0 Å². The number of rotatable bonds is 4. The van der Waals surface area contributed by atoms with E-state index >= 15 is 0 Å². The predicted octanol–water partition coefficient (Wildman–Crippen LogP) is 4.07. The summed E-state index contributed by atoms with van der Waals surface area (Å²) in [6.07, 6.45) is 4.32. The van der Waals surface area contributed by atoms with E-state index < -0.39 is 0 Å². The van der Waals surface area contributed by atoms with Gasteiger partial charge in [-0.05, 0) is 42.7 Å². The van der Waals surface area contributed by atoms with Gasteiger partial charge in [-0.3, -0.25) is 14.9 Å². The molecule has 1 atom stereocenters. The molecule has 1 aliphatic rings. The van der Waals surface area contributed by atoms with Crippen molar-refractivity contribution < 1.29 is 4.79 Å². The maximum absolute atomic E-state index is 12.6. The molecule has 1 aromatic carbocycles. The second-order valence-electron chi connectivity index (χ2n) is 6.88. The standard InChI is InChI=1S/C21H21ClN4O/c22-18-8-2-1-5-15(18)13-17-7-3-9-19(24-17)16-6-4-12-26(14-16)21(27)20-10-11-23-25-20/h1-3,5,7-11,16H,4,6,12-14H2,(H,23,25). The number of amides is 1. The van der Waals surface area contributed by atoms with Gasteiger partial charge in [-0.2, -0.15) is 5.10 Å². The summed E-state index contributed by atoms with van der Waals surface area (Å²) < 4.78 is 0. The zero-order valence-corrected chi connectivity index (χ0v) is 15.7. The molecule has 0 radical (unpaired) electrons. The SMILES string of the molecule is O=C(c1ccn[nH]1)N1CCCC(c2cccc(Cc3ccccc3Cl)n2)C1. The van der Waals surface area contributed by atoms with Crippen LogP contribution in [0.1, 0.15) is 46.2 Å². The summed E-state index contributed by atoms with van der Waals surface area (Å²) >= 11 is 6.29. The lowest BCUT2D eigenvalue weighted by atomic mass is 9.93. The summed E-state index contributed by atoms with van der Waals surface area (Å²) in [6, 6.07) is 15.7. The van der Waals surface area contributed by atoms with Gasteiger partial charge in [-0.25, -0.2) is 0 Å². The monoisotopic (exact) mass is 380 g/mol. The Labute approximate surface area is 163 Å². The van der Waals surface area contributed by atoms with Crippen LogP contribution in [-0.2, 0) is 6.42 Å². The molecule has 0 bridgehead atoms. The number of H-pyrrole nitrogens is 1. The number of hydrogen-bond donors (Lipinski definition) is 1. The molecule has 6 heteroatoms. The average molecular weight is 381 g/mol. The third-order valence-electron chi connectivity index (χ3n) is 5.02. The molecule has 0 saturated carbocycles. The minimum absolute atomic E-state index is 0.00409. The lowest BCUT2D eigenvalue weighted by Gasteiger charge is -2.32. The molecule has 5 nitrogen and oxygen atoms in total. The van der Waals surface area contributed by atoms with E-state index in [1.807, 2.05) is 41.3 Å². The van der Waals surface area contributed by atoms with Crippen LogP contribution in [0.25, 0.3) is 0 Å². The Morgan fingerprint density at radius 2 is 2.07 bits per heavy atom. The van der Waals surface area contributed by atoms with Gasteiger partial charge in [0.05, 0.1) is 0 Å². The summed E-state index contributed by atoms with van der Waals surface area (Å²) in [5.74, 6) is 0.251. The summed E-state index contributed by atoms with van der Waals surface area (Å²) in [4.78, 5) is 19.4. The third kappa shape index (κ3) is 4.03. The van der Waals surface area contributed by atoms with Gasteiger partial charge in [0, 0.05) is 48.0 Å². The molecule has 1 N–H and O–H groups in total. The first-order chi connectivity index (χ1) is 13.2. The fourth-order valence-corrected chi connectivity index (χ4v) is 3.81. The number of nitrogens with one attached hydrogen (secondary N) is 1. The highest BCUT2D eigenvalue weighted by Crippen LogP contribution is 2.27. The minimum Gasteiger partial charge on any atom is -0.337 e. The van der Waals surface area contributed by atoms with Crippen LogP contribution in [-0.4, -0.2) is 39.1 Å². The number of carbonyl (C=O) groups is 1. The van der Waals surface area contributed by atoms with Crippen LogP contribution in [0.15, 0.2) is 54.7 Å². The topological polar surface area (TPSA) is 61.9 Å². The largest absolute Gasteiger partial charge is 0.337 e. The average Bonchev–Trinajstić information content (AvgIpc) is 3.24. The molecule has 1 saturated heterocycles. The highest BCUT2D eigenvalue weighted by Gasteiger charge is 2.27. The molecule has 1 amide bonds.